The highest BCUT2D eigenvalue weighted by molar-refractivity contribution is 5.88. The van der Waals surface area contributed by atoms with Crippen LogP contribution in [0, 0.1) is 46.5 Å². The van der Waals surface area contributed by atoms with E-state index in [1.165, 1.54) is 6.92 Å². The Hall–Kier alpha value is -3.09. The van der Waals surface area contributed by atoms with E-state index in [4.69, 9.17) is 15.3 Å². The first-order valence-electron chi connectivity index (χ1n) is 7.28. The Morgan fingerprint density at radius 2 is 1.21 bits per heavy atom. The zero-order valence-electron chi connectivity index (χ0n) is 14.1. The van der Waals surface area contributed by atoms with Gasteiger partial charge in [0.1, 0.15) is 5.56 Å². The Kier molecular flexibility index (Phi) is 7.77. The molecule has 160 valence electrons. The van der Waals surface area contributed by atoms with Crippen LogP contribution in [-0.4, -0.2) is 27.9 Å². The fourth-order valence-corrected chi connectivity index (χ4v) is 1.87. The number of aromatic carboxylic acids is 1. The molecular formula is C16H10F8O5. The molecule has 3 N–H and O–H groups in total. The van der Waals surface area contributed by atoms with Gasteiger partial charge in [0.15, 0.2) is 34.8 Å². The van der Waals surface area contributed by atoms with Gasteiger partial charge in [-0.05, 0) is 6.92 Å². The number of benzene rings is 2. The van der Waals surface area contributed by atoms with E-state index in [-0.39, 0.29) is 6.61 Å². The molecule has 2 aromatic carbocycles. The lowest BCUT2D eigenvalue weighted by molar-refractivity contribution is 0.0683. The molecule has 5 nitrogen and oxygen atoms in total. The number of carboxylic acids is 1. The zero-order chi connectivity index (χ0) is 22.6. The van der Waals surface area contributed by atoms with Crippen molar-refractivity contribution in [3.05, 3.63) is 57.7 Å². The van der Waals surface area contributed by atoms with Crippen LogP contribution in [0.2, 0.25) is 0 Å². The largest absolute Gasteiger partial charge is 0.503 e. The van der Waals surface area contributed by atoms with Gasteiger partial charge in [-0.2, -0.15) is 17.6 Å². The number of carboxylic acid groups (broad SMARTS) is 1. The summed E-state index contributed by atoms with van der Waals surface area (Å²) in [6, 6.07) is 0. The minimum Gasteiger partial charge on any atom is -0.503 e. The number of phenolic OH excluding ortho intramolecular Hbond substituents is 1. The Labute approximate surface area is 156 Å². The Morgan fingerprint density at radius 3 is 1.52 bits per heavy atom. The zero-order valence-corrected chi connectivity index (χ0v) is 14.1. The van der Waals surface area contributed by atoms with Crippen LogP contribution in [-0.2, 0) is 6.61 Å². The van der Waals surface area contributed by atoms with Crippen LogP contribution in [0.15, 0.2) is 0 Å². The van der Waals surface area contributed by atoms with Crippen molar-refractivity contribution < 1.29 is 60.0 Å². The SMILES string of the molecule is CCOc1c(F)c(F)c(CO)c(F)c1F.O=C(O)c1c(F)c(F)c(O)c(F)c1F. The summed E-state index contributed by atoms with van der Waals surface area (Å²) in [5, 5.41) is 25.2. The average molecular weight is 434 g/mol. The normalized spacial score (nSPS) is 10.4. The predicted molar refractivity (Wildman–Crippen MR) is 78.3 cm³/mol. The van der Waals surface area contributed by atoms with Gasteiger partial charge in [0, 0.05) is 0 Å². The van der Waals surface area contributed by atoms with Crippen molar-refractivity contribution >= 4 is 5.97 Å². The number of phenols is 1. The Bertz CT molecular complexity index is 890. The summed E-state index contributed by atoms with van der Waals surface area (Å²) in [4.78, 5) is 10.2. The van der Waals surface area contributed by atoms with Crippen LogP contribution >= 0.6 is 0 Å². The summed E-state index contributed by atoms with van der Waals surface area (Å²) in [6.07, 6.45) is 0. The predicted octanol–water partition coefficient (Wildman–Crippen LogP) is 3.78. The highest BCUT2D eigenvalue weighted by atomic mass is 19.2. The third-order valence-electron chi connectivity index (χ3n) is 3.21. The van der Waals surface area contributed by atoms with Gasteiger partial charge < -0.3 is 20.1 Å². The van der Waals surface area contributed by atoms with Crippen LogP contribution in [0.4, 0.5) is 35.1 Å². The molecule has 0 fully saturated rings. The van der Waals surface area contributed by atoms with Crippen LogP contribution in [0.5, 0.6) is 11.5 Å². The third kappa shape index (κ3) is 4.50. The van der Waals surface area contributed by atoms with Crippen LogP contribution < -0.4 is 4.74 Å². The van der Waals surface area contributed by atoms with Gasteiger partial charge in [-0.1, -0.05) is 0 Å². The number of ether oxygens (including phenoxy) is 1. The number of rotatable bonds is 4. The number of halogens is 8. The molecule has 0 unspecified atom stereocenters. The first kappa shape index (κ1) is 23.9. The molecule has 0 radical (unpaired) electrons. The second-order valence-corrected chi connectivity index (χ2v) is 4.94. The third-order valence-corrected chi connectivity index (χ3v) is 3.21. The Balaban J connectivity index is 0.000000291. The van der Waals surface area contributed by atoms with Crippen molar-refractivity contribution in [1.82, 2.24) is 0 Å². The number of hydrogen-bond acceptors (Lipinski definition) is 4. The smallest absolute Gasteiger partial charge is 0.341 e. The highest BCUT2D eigenvalue weighted by Crippen LogP contribution is 2.30. The molecule has 0 bridgehead atoms. The summed E-state index contributed by atoms with van der Waals surface area (Å²) in [5.41, 5.74) is -2.83. The summed E-state index contributed by atoms with van der Waals surface area (Å²) in [5.74, 6) is -20.3. The van der Waals surface area contributed by atoms with Crippen LogP contribution in [0.25, 0.3) is 0 Å². The number of hydrogen-bond donors (Lipinski definition) is 3. The summed E-state index contributed by atoms with van der Waals surface area (Å²) < 4.78 is 107. The van der Waals surface area contributed by atoms with Crippen molar-refractivity contribution in [3.63, 3.8) is 0 Å². The fourth-order valence-electron chi connectivity index (χ4n) is 1.87. The molecule has 0 amide bonds. The van der Waals surface area contributed by atoms with E-state index >= 15 is 0 Å². The molecule has 0 aliphatic carbocycles. The molecule has 0 aliphatic rings. The maximum absolute atomic E-state index is 13.1. The fraction of sp³-hybridized carbons (Fsp3) is 0.188. The maximum Gasteiger partial charge on any atom is 0.341 e. The molecular weight excluding hydrogens is 424 g/mol. The summed E-state index contributed by atoms with van der Waals surface area (Å²) in [6.45, 7) is 0.151. The molecule has 2 rings (SSSR count). The van der Waals surface area contributed by atoms with Gasteiger partial charge in [-0.25, -0.2) is 22.4 Å². The number of aromatic hydroxyl groups is 1. The van der Waals surface area contributed by atoms with E-state index in [9.17, 15) is 39.9 Å². The minimum absolute atomic E-state index is 0.134. The van der Waals surface area contributed by atoms with E-state index in [1.807, 2.05) is 0 Å². The molecule has 13 heteroatoms. The van der Waals surface area contributed by atoms with Gasteiger partial charge in [0.2, 0.25) is 23.3 Å². The van der Waals surface area contributed by atoms with Gasteiger partial charge in [0.05, 0.1) is 18.8 Å². The molecule has 0 aromatic heterocycles. The molecule has 0 spiro atoms. The lowest BCUT2D eigenvalue weighted by Gasteiger charge is -2.10. The average Bonchev–Trinajstić information content (AvgIpc) is 2.67. The van der Waals surface area contributed by atoms with E-state index in [2.05, 4.69) is 4.74 Å². The molecule has 0 saturated heterocycles. The van der Waals surface area contributed by atoms with Crippen molar-refractivity contribution in [2.75, 3.05) is 6.61 Å². The molecule has 0 saturated carbocycles. The van der Waals surface area contributed by atoms with Crippen LogP contribution in [0.1, 0.15) is 22.8 Å². The number of aliphatic hydroxyl groups is 1. The first-order valence-corrected chi connectivity index (χ1v) is 7.28. The lowest BCUT2D eigenvalue weighted by atomic mass is 10.1. The van der Waals surface area contributed by atoms with Crippen molar-refractivity contribution in [2.45, 2.75) is 13.5 Å². The van der Waals surface area contributed by atoms with E-state index in [0.717, 1.165) is 0 Å². The first-order chi connectivity index (χ1) is 13.4. The van der Waals surface area contributed by atoms with Gasteiger partial charge in [-0.15, -0.1) is 0 Å². The number of carbonyl (C=O) groups is 1. The maximum atomic E-state index is 13.1. The van der Waals surface area contributed by atoms with Crippen molar-refractivity contribution in [3.8, 4) is 11.5 Å². The molecule has 0 atom stereocenters. The van der Waals surface area contributed by atoms with E-state index in [1.54, 1.807) is 0 Å². The highest BCUT2D eigenvalue weighted by Gasteiger charge is 2.29. The standard InChI is InChI=1S/C9H8F4O2.C7H2F4O3/c1-2-15-9-7(12)5(10)4(3-14)6(11)8(9)13;8-2-1(7(13)14)3(9)5(11)6(12)4(2)10/h14H,2-3H2,1H3;12H,(H,13,14). The quantitative estimate of drug-likeness (QED) is 0.504. The number of aliphatic hydroxyl groups excluding tert-OH is 1. The van der Waals surface area contributed by atoms with E-state index < -0.39 is 81.7 Å². The minimum atomic E-state index is -2.17. The summed E-state index contributed by atoms with van der Waals surface area (Å²) >= 11 is 0. The van der Waals surface area contributed by atoms with Crippen molar-refractivity contribution in [1.29, 1.82) is 0 Å². The second kappa shape index (κ2) is 9.41. The summed E-state index contributed by atoms with van der Waals surface area (Å²) in [7, 11) is 0. The second-order valence-electron chi connectivity index (χ2n) is 4.94. The van der Waals surface area contributed by atoms with Gasteiger partial charge >= 0.3 is 5.97 Å². The van der Waals surface area contributed by atoms with Gasteiger partial charge in [0.25, 0.3) is 0 Å². The van der Waals surface area contributed by atoms with Gasteiger partial charge in [-0.3, -0.25) is 0 Å². The lowest BCUT2D eigenvalue weighted by Crippen LogP contribution is -2.09. The monoisotopic (exact) mass is 434 g/mol. The van der Waals surface area contributed by atoms with Crippen LogP contribution in [0.3, 0.4) is 0 Å². The molecule has 0 aliphatic heterocycles. The molecule has 29 heavy (non-hydrogen) atoms. The molecule has 2 aromatic rings. The molecule has 0 heterocycles. The van der Waals surface area contributed by atoms with Crippen molar-refractivity contribution in [2.24, 2.45) is 0 Å². The topological polar surface area (TPSA) is 87.0 Å². The Morgan fingerprint density at radius 1 is 0.793 bits per heavy atom. The van der Waals surface area contributed by atoms with E-state index in [0.29, 0.717) is 0 Å².